The van der Waals surface area contributed by atoms with Crippen molar-refractivity contribution in [1.29, 1.82) is 0 Å². The summed E-state index contributed by atoms with van der Waals surface area (Å²) in [6.07, 6.45) is 0. The fraction of sp³-hybridized carbons (Fsp3) is 0.273. The van der Waals surface area contributed by atoms with E-state index in [0.29, 0.717) is 0 Å². The largest absolute Gasteiger partial charge is 0.297 e. The first-order chi connectivity index (χ1) is 13.2. The number of nitro groups is 1. The topological polar surface area (TPSA) is 49.6 Å². The smallest absolute Gasteiger partial charge is 0.269 e. The van der Waals surface area contributed by atoms with Crippen LogP contribution < -0.4 is 0 Å². The van der Waals surface area contributed by atoms with E-state index >= 15 is 0 Å². The molecule has 4 rings (SSSR count). The van der Waals surface area contributed by atoms with Gasteiger partial charge in [0.15, 0.2) is 0 Å². The molecule has 0 aromatic heterocycles. The first kappa shape index (κ1) is 17.6. The molecule has 1 saturated heterocycles. The minimum Gasteiger partial charge on any atom is -0.297 e. The molecule has 0 bridgehead atoms. The lowest BCUT2D eigenvalue weighted by Crippen LogP contribution is -2.45. The number of nitro benzene ring substituents is 1. The Labute approximate surface area is 159 Å². The lowest BCUT2D eigenvalue weighted by Gasteiger charge is -2.35. The molecule has 5 heteroatoms. The highest BCUT2D eigenvalue weighted by molar-refractivity contribution is 5.85. The van der Waals surface area contributed by atoms with Gasteiger partial charge in [-0.3, -0.25) is 19.9 Å². The van der Waals surface area contributed by atoms with Crippen molar-refractivity contribution in [2.45, 2.75) is 13.1 Å². The molecular weight excluding hydrogens is 338 g/mol. The monoisotopic (exact) mass is 361 g/mol. The second-order valence-corrected chi connectivity index (χ2v) is 7.12. The van der Waals surface area contributed by atoms with Crippen molar-refractivity contribution in [3.05, 3.63) is 88.0 Å². The molecule has 1 heterocycles. The lowest BCUT2D eigenvalue weighted by molar-refractivity contribution is -0.384. The number of piperazine rings is 1. The molecule has 0 N–H and O–H groups in total. The lowest BCUT2D eigenvalue weighted by atomic mass is 10.0. The van der Waals surface area contributed by atoms with Crippen molar-refractivity contribution in [1.82, 2.24) is 9.80 Å². The highest BCUT2D eigenvalue weighted by Crippen LogP contribution is 2.21. The Morgan fingerprint density at radius 3 is 2.26 bits per heavy atom. The summed E-state index contributed by atoms with van der Waals surface area (Å²) >= 11 is 0. The molecule has 0 unspecified atom stereocenters. The van der Waals surface area contributed by atoms with E-state index in [2.05, 4.69) is 52.3 Å². The molecule has 1 aliphatic rings. The summed E-state index contributed by atoms with van der Waals surface area (Å²) in [5.41, 5.74) is 2.55. The molecular formula is C22H23N3O2. The molecule has 3 aromatic rings. The van der Waals surface area contributed by atoms with Crippen molar-refractivity contribution in [2.75, 3.05) is 26.2 Å². The maximum Gasteiger partial charge on any atom is 0.269 e. The van der Waals surface area contributed by atoms with Crippen LogP contribution in [0.3, 0.4) is 0 Å². The normalized spacial score (nSPS) is 15.9. The van der Waals surface area contributed by atoms with E-state index < -0.39 is 0 Å². The predicted octanol–water partition coefficient (Wildman–Crippen LogP) is 4.07. The molecule has 0 amide bonds. The van der Waals surface area contributed by atoms with Crippen LogP contribution in [0.2, 0.25) is 0 Å². The molecule has 0 atom stereocenters. The second-order valence-electron chi connectivity index (χ2n) is 7.12. The molecule has 138 valence electrons. The fourth-order valence-electron chi connectivity index (χ4n) is 3.80. The Balaban J connectivity index is 1.36. The average molecular weight is 361 g/mol. The Kier molecular flexibility index (Phi) is 5.14. The molecule has 0 radical (unpaired) electrons. The Morgan fingerprint density at radius 1 is 0.815 bits per heavy atom. The van der Waals surface area contributed by atoms with Gasteiger partial charge in [-0.2, -0.15) is 0 Å². The summed E-state index contributed by atoms with van der Waals surface area (Å²) in [5, 5.41) is 13.6. The van der Waals surface area contributed by atoms with Gasteiger partial charge >= 0.3 is 0 Å². The summed E-state index contributed by atoms with van der Waals surface area (Å²) in [7, 11) is 0. The minimum absolute atomic E-state index is 0.169. The fourth-order valence-corrected chi connectivity index (χ4v) is 3.80. The average Bonchev–Trinajstić information content (AvgIpc) is 2.70. The van der Waals surface area contributed by atoms with Crippen LogP contribution in [0.1, 0.15) is 11.1 Å². The first-order valence-electron chi connectivity index (χ1n) is 9.34. The van der Waals surface area contributed by atoms with Gasteiger partial charge in [0.05, 0.1) is 4.92 Å². The third-order valence-electron chi connectivity index (χ3n) is 5.27. The predicted molar refractivity (Wildman–Crippen MR) is 108 cm³/mol. The summed E-state index contributed by atoms with van der Waals surface area (Å²) in [4.78, 5) is 15.5. The number of fused-ring (bicyclic) bond motifs is 1. The van der Waals surface area contributed by atoms with E-state index in [-0.39, 0.29) is 10.6 Å². The molecule has 5 nitrogen and oxygen atoms in total. The molecule has 1 aliphatic heterocycles. The molecule has 0 aliphatic carbocycles. The third-order valence-corrected chi connectivity index (χ3v) is 5.27. The zero-order valence-corrected chi connectivity index (χ0v) is 15.3. The summed E-state index contributed by atoms with van der Waals surface area (Å²) in [6.45, 7) is 5.72. The summed E-state index contributed by atoms with van der Waals surface area (Å²) < 4.78 is 0. The van der Waals surface area contributed by atoms with Crippen molar-refractivity contribution in [2.24, 2.45) is 0 Å². The van der Waals surface area contributed by atoms with E-state index in [4.69, 9.17) is 0 Å². The van der Waals surface area contributed by atoms with Crippen molar-refractivity contribution in [3.8, 4) is 0 Å². The van der Waals surface area contributed by atoms with Crippen LogP contribution in [0, 0.1) is 10.1 Å². The number of rotatable bonds is 5. The van der Waals surface area contributed by atoms with Gasteiger partial charge in [0.25, 0.3) is 5.69 Å². The molecule has 0 spiro atoms. The zero-order chi connectivity index (χ0) is 18.6. The van der Waals surface area contributed by atoms with Crippen LogP contribution in [-0.4, -0.2) is 40.9 Å². The second kappa shape index (κ2) is 7.86. The molecule has 0 saturated carbocycles. The Hall–Kier alpha value is -2.76. The van der Waals surface area contributed by atoms with Crippen molar-refractivity contribution < 1.29 is 4.92 Å². The van der Waals surface area contributed by atoms with Gasteiger partial charge in [-0.05, 0) is 21.9 Å². The SMILES string of the molecule is O=[N+]([O-])c1cccc(CN2CCN(Cc3cccc4ccccc34)CC2)c1. The summed E-state index contributed by atoms with van der Waals surface area (Å²) in [6, 6.07) is 22.0. The highest BCUT2D eigenvalue weighted by atomic mass is 16.6. The molecule has 1 fully saturated rings. The van der Waals surface area contributed by atoms with Gasteiger partial charge in [0, 0.05) is 51.4 Å². The van der Waals surface area contributed by atoms with E-state index in [1.54, 1.807) is 18.2 Å². The molecule has 3 aromatic carbocycles. The number of hydrogen-bond donors (Lipinski definition) is 0. The van der Waals surface area contributed by atoms with Gasteiger partial charge in [0.2, 0.25) is 0 Å². The third kappa shape index (κ3) is 4.15. The maximum absolute atomic E-state index is 10.9. The zero-order valence-electron chi connectivity index (χ0n) is 15.3. The number of benzene rings is 3. The first-order valence-corrected chi connectivity index (χ1v) is 9.34. The van der Waals surface area contributed by atoms with E-state index in [1.807, 2.05) is 6.07 Å². The van der Waals surface area contributed by atoms with Crippen LogP contribution in [0.25, 0.3) is 10.8 Å². The van der Waals surface area contributed by atoms with E-state index in [1.165, 1.54) is 16.3 Å². The Morgan fingerprint density at radius 2 is 1.48 bits per heavy atom. The van der Waals surface area contributed by atoms with E-state index in [9.17, 15) is 10.1 Å². The van der Waals surface area contributed by atoms with Crippen molar-refractivity contribution in [3.63, 3.8) is 0 Å². The van der Waals surface area contributed by atoms with Crippen LogP contribution in [0.4, 0.5) is 5.69 Å². The van der Waals surface area contributed by atoms with Crippen LogP contribution >= 0.6 is 0 Å². The van der Waals surface area contributed by atoms with Gasteiger partial charge in [0.1, 0.15) is 0 Å². The minimum atomic E-state index is -0.328. The maximum atomic E-state index is 10.9. The van der Waals surface area contributed by atoms with Crippen LogP contribution in [0.15, 0.2) is 66.7 Å². The quantitative estimate of drug-likeness (QED) is 0.508. The van der Waals surface area contributed by atoms with Gasteiger partial charge < -0.3 is 0 Å². The number of non-ortho nitro benzene ring substituents is 1. The van der Waals surface area contributed by atoms with Gasteiger partial charge in [-0.15, -0.1) is 0 Å². The standard InChI is InChI=1S/C22H23N3O2/c26-25(27)21-9-3-5-18(15-21)16-23-11-13-24(14-12-23)17-20-8-4-7-19-6-1-2-10-22(19)20/h1-10,15H,11-14,16-17H2. The van der Waals surface area contributed by atoms with Crippen LogP contribution in [0.5, 0.6) is 0 Å². The molecule has 27 heavy (non-hydrogen) atoms. The van der Waals surface area contributed by atoms with Crippen LogP contribution in [-0.2, 0) is 13.1 Å². The van der Waals surface area contributed by atoms with Crippen molar-refractivity contribution >= 4 is 16.5 Å². The van der Waals surface area contributed by atoms with Gasteiger partial charge in [-0.25, -0.2) is 0 Å². The Bertz CT molecular complexity index is 944. The van der Waals surface area contributed by atoms with Gasteiger partial charge in [-0.1, -0.05) is 54.6 Å². The number of hydrogen-bond acceptors (Lipinski definition) is 4. The highest BCUT2D eigenvalue weighted by Gasteiger charge is 2.18. The summed E-state index contributed by atoms with van der Waals surface area (Å²) in [5.74, 6) is 0. The number of nitrogens with zero attached hydrogens (tertiary/aromatic N) is 3. The van der Waals surface area contributed by atoms with E-state index in [0.717, 1.165) is 44.8 Å².